The maximum atomic E-state index is 8.74. The Morgan fingerprint density at radius 3 is 1.76 bits per heavy atom. The Labute approximate surface area is 116 Å². The first-order valence-corrected chi connectivity index (χ1v) is 6.02. The van der Waals surface area contributed by atoms with Gasteiger partial charge in [-0.05, 0) is 0 Å². The molecule has 0 amide bonds. The van der Waals surface area contributed by atoms with Crippen molar-refractivity contribution in [2.75, 3.05) is 21.1 Å². The van der Waals surface area contributed by atoms with Gasteiger partial charge in [-0.25, -0.2) is 0 Å². The van der Waals surface area contributed by atoms with Crippen molar-refractivity contribution in [3.8, 4) is 0 Å². The molecule has 0 radical (unpaired) electrons. The summed E-state index contributed by atoms with van der Waals surface area (Å²) >= 11 is 0. The Hall–Kier alpha value is -0.353. The number of nitrogens with zero attached hydrogens (tertiary/aromatic N) is 1. The van der Waals surface area contributed by atoms with Crippen LogP contribution in [0.25, 0.3) is 0 Å². The van der Waals surface area contributed by atoms with Gasteiger partial charge in [-0.15, -0.1) is 0 Å². The second kappa shape index (κ2) is 7.87. The number of hydrogen-bond acceptors (Lipinski definition) is 2. The van der Waals surface area contributed by atoms with Crippen LogP contribution in [-0.2, 0) is 16.9 Å². The van der Waals surface area contributed by atoms with Gasteiger partial charge in [-0.2, -0.15) is 8.42 Å². The van der Waals surface area contributed by atoms with Crippen molar-refractivity contribution in [1.82, 2.24) is 0 Å². The van der Waals surface area contributed by atoms with Crippen LogP contribution in [0.1, 0.15) is 6.99 Å². The standard InChI is InChI=1S/C10H16N.Li.H2O4S.H/c1-11(2,3)9-10-7-5-4-6-8-10;;1-5(2,3)4;/h4-8H,9H2,1-3H3;;(H2,1,2,3,4);/q2*+1;;-1. The molecule has 1 aromatic rings. The first kappa shape index (κ1) is 19.0. The fourth-order valence-electron chi connectivity index (χ4n) is 1.13. The van der Waals surface area contributed by atoms with E-state index in [1.165, 1.54) is 5.56 Å². The zero-order chi connectivity index (χ0) is 12.8. The van der Waals surface area contributed by atoms with Crippen molar-refractivity contribution in [2.45, 2.75) is 6.54 Å². The zero-order valence-electron chi connectivity index (χ0n) is 11.7. The smallest absolute Gasteiger partial charge is 1.00 e. The molecule has 0 aliphatic heterocycles. The monoisotopic (exact) mass is 256 g/mol. The summed E-state index contributed by atoms with van der Waals surface area (Å²) in [7, 11) is 1.94. The number of rotatable bonds is 2. The molecule has 0 atom stereocenters. The van der Waals surface area contributed by atoms with Gasteiger partial charge >= 0.3 is 29.3 Å². The van der Waals surface area contributed by atoms with Crippen molar-refractivity contribution >= 4 is 10.4 Å². The second-order valence-electron chi connectivity index (χ2n) is 4.38. The molecule has 0 heterocycles. The minimum atomic E-state index is -4.67. The van der Waals surface area contributed by atoms with E-state index in [-0.39, 0.29) is 20.3 Å². The third kappa shape index (κ3) is 18.2. The summed E-state index contributed by atoms with van der Waals surface area (Å²) in [6.45, 7) is 1.10. The van der Waals surface area contributed by atoms with Gasteiger partial charge < -0.3 is 5.91 Å². The number of benzene rings is 1. The van der Waals surface area contributed by atoms with Crippen LogP contribution in [0.4, 0.5) is 0 Å². The second-order valence-corrected chi connectivity index (χ2v) is 5.28. The fourth-order valence-corrected chi connectivity index (χ4v) is 1.13. The molecule has 0 spiro atoms. The largest absolute Gasteiger partial charge is 1.00 e. The van der Waals surface area contributed by atoms with Crippen molar-refractivity contribution in [3.63, 3.8) is 0 Å². The van der Waals surface area contributed by atoms with Gasteiger partial charge in [0.2, 0.25) is 0 Å². The molecule has 0 saturated heterocycles. The number of quaternary nitrogens is 1. The Balaban J connectivity index is -0.000000282. The van der Waals surface area contributed by atoms with Gasteiger partial charge in [0.05, 0.1) is 21.1 Å². The normalized spacial score (nSPS) is 10.9. The van der Waals surface area contributed by atoms with Gasteiger partial charge in [0.25, 0.3) is 0 Å². The average molecular weight is 256 g/mol. The molecule has 17 heavy (non-hydrogen) atoms. The molecule has 0 saturated carbocycles. The molecule has 94 valence electrons. The van der Waals surface area contributed by atoms with Crippen LogP contribution in [0.15, 0.2) is 30.3 Å². The van der Waals surface area contributed by atoms with Gasteiger partial charge in [-0.3, -0.25) is 9.11 Å². The molecular weight excluding hydrogens is 237 g/mol. The summed E-state index contributed by atoms with van der Waals surface area (Å²) in [5.41, 5.74) is 1.40. The Kier molecular flexibility index (Phi) is 8.80. The van der Waals surface area contributed by atoms with E-state index in [9.17, 15) is 0 Å². The van der Waals surface area contributed by atoms with Gasteiger partial charge in [-0.1, -0.05) is 30.3 Å². The molecule has 0 aliphatic carbocycles. The van der Waals surface area contributed by atoms with Gasteiger partial charge in [0.1, 0.15) is 6.54 Å². The quantitative estimate of drug-likeness (QED) is 0.378. The van der Waals surface area contributed by atoms with Crippen LogP contribution >= 0.6 is 0 Å². The van der Waals surface area contributed by atoms with E-state index < -0.39 is 10.4 Å². The summed E-state index contributed by atoms with van der Waals surface area (Å²) < 4.78 is 32.6. The van der Waals surface area contributed by atoms with Crippen molar-refractivity contribution in [2.24, 2.45) is 0 Å². The summed E-state index contributed by atoms with van der Waals surface area (Å²) in [5.74, 6) is 0. The Morgan fingerprint density at radius 1 is 1.12 bits per heavy atom. The van der Waals surface area contributed by atoms with E-state index in [1.807, 2.05) is 0 Å². The molecule has 2 N–H and O–H groups in total. The van der Waals surface area contributed by atoms with Crippen LogP contribution in [0, 0.1) is 0 Å². The van der Waals surface area contributed by atoms with Crippen LogP contribution in [0.2, 0.25) is 0 Å². The summed E-state index contributed by atoms with van der Waals surface area (Å²) in [5, 5.41) is 0. The summed E-state index contributed by atoms with van der Waals surface area (Å²) in [6.07, 6.45) is 0. The SMILES string of the molecule is C[N+](C)(C)Cc1ccccc1.O=S(=O)(O)O.[H-].[Li+]. The fraction of sp³-hybridized carbons (Fsp3) is 0.400. The van der Waals surface area contributed by atoms with Crippen LogP contribution in [0.3, 0.4) is 0 Å². The number of hydrogen-bond donors (Lipinski definition) is 2. The van der Waals surface area contributed by atoms with Gasteiger partial charge in [0, 0.05) is 5.56 Å². The minimum absolute atomic E-state index is 0. The molecule has 0 unspecified atom stereocenters. The van der Waals surface area contributed by atoms with E-state index in [4.69, 9.17) is 17.5 Å². The molecule has 7 heteroatoms. The summed E-state index contributed by atoms with van der Waals surface area (Å²) in [6, 6.07) is 10.6. The Bertz CT molecular complexity index is 398. The van der Waals surface area contributed by atoms with Crippen molar-refractivity contribution < 1.29 is 42.3 Å². The molecule has 1 aromatic carbocycles. The van der Waals surface area contributed by atoms with Crippen LogP contribution < -0.4 is 18.9 Å². The van der Waals surface area contributed by atoms with E-state index in [2.05, 4.69) is 51.5 Å². The molecule has 0 fully saturated rings. The van der Waals surface area contributed by atoms with Crippen molar-refractivity contribution in [3.05, 3.63) is 35.9 Å². The molecule has 0 aliphatic rings. The predicted molar refractivity (Wildman–Crippen MR) is 63.5 cm³/mol. The maximum absolute atomic E-state index is 8.74. The third-order valence-electron chi connectivity index (χ3n) is 1.50. The Morgan fingerprint density at radius 2 is 1.47 bits per heavy atom. The third-order valence-corrected chi connectivity index (χ3v) is 1.50. The average Bonchev–Trinajstić information content (AvgIpc) is 1.99. The van der Waals surface area contributed by atoms with E-state index >= 15 is 0 Å². The summed E-state index contributed by atoms with van der Waals surface area (Å²) in [4.78, 5) is 0. The minimum Gasteiger partial charge on any atom is -1.00 e. The molecule has 1 rings (SSSR count). The molecular formula is C10H19LiNO4S+. The van der Waals surface area contributed by atoms with Gasteiger partial charge in [0.15, 0.2) is 0 Å². The van der Waals surface area contributed by atoms with E-state index in [1.54, 1.807) is 0 Å². The maximum Gasteiger partial charge on any atom is 1.00 e. The molecule has 0 bridgehead atoms. The molecule has 5 nitrogen and oxygen atoms in total. The van der Waals surface area contributed by atoms with Crippen molar-refractivity contribution in [1.29, 1.82) is 0 Å². The topological polar surface area (TPSA) is 74.6 Å². The predicted octanol–water partition coefficient (Wildman–Crippen LogP) is -1.64. The first-order chi connectivity index (χ1) is 7.08. The van der Waals surface area contributed by atoms with Crippen LogP contribution in [-0.4, -0.2) is 43.1 Å². The molecule has 0 aromatic heterocycles. The zero-order valence-corrected chi connectivity index (χ0v) is 11.5. The van der Waals surface area contributed by atoms with Crippen LogP contribution in [0.5, 0.6) is 0 Å². The van der Waals surface area contributed by atoms with E-state index in [0.29, 0.717) is 0 Å². The van der Waals surface area contributed by atoms with E-state index in [0.717, 1.165) is 11.0 Å². The first-order valence-electron chi connectivity index (χ1n) is 4.62.